The molecule has 0 saturated heterocycles. The van der Waals surface area contributed by atoms with Crippen molar-refractivity contribution in [2.45, 2.75) is 45.8 Å². The molecule has 1 atom stereocenters. The summed E-state index contributed by atoms with van der Waals surface area (Å²) in [5, 5.41) is 13.1. The number of carbonyl (C=O) groups is 2. The molecule has 2 N–H and O–H groups in total. The van der Waals surface area contributed by atoms with Crippen molar-refractivity contribution in [3.8, 4) is 16.9 Å². The lowest BCUT2D eigenvalue weighted by molar-refractivity contribution is -0.127. The standard InChI is InChI=1S/C27H26F2N2O3/c1-15-22(32)12-10-19-23(15)26(34)31(24(19)25(33)30-27(2,3)4)14-16-7-5-6-8-18(16)20-13-17(28)9-11-21(20)29/h5-13,24,32H,14H2,1-4H3,(H,30,33). The first-order chi connectivity index (χ1) is 16.0. The zero-order valence-corrected chi connectivity index (χ0v) is 19.4. The van der Waals surface area contributed by atoms with Crippen molar-refractivity contribution >= 4 is 11.8 Å². The van der Waals surface area contributed by atoms with E-state index in [2.05, 4.69) is 5.32 Å². The van der Waals surface area contributed by atoms with Crippen molar-refractivity contribution < 1.29 is 23.5 Å². The van der Waals surface area contributed by atoms with Gasteiger partial charge in [0, 0.05) is 23.2 Å². The molecular formula is C27H26F2N2O3. The molecule has 3 aromatic rings. The van der Waals surface area contributed by atoms with Crippen molar-refractivity contribution in [3.05, 3.63) is 88.5 Å². The van der Waals surface area contributed by atoms with E-state index in [1.54, 1.807) is 37.3 Å². The van der Waals surface area contributed by atoms with Gasteiger partial charge in [0.1, 0.15) is 23.4 Å². The molecule has 0 saturated carbocycles. The van der Waals surface area contributed by atoms with Gasteiger partial charge in [-0.15, -0.1) is 0 Å². The van der Waals surface area contributed by atoms with Crippen LogP contribution in [-0.2, 0) is 11.3 Å². The predicted octanol–water partition coefficient (Wildman–Crippen LogP) is 5.26. The Balaban J connectivity index is 1.81. The van der Waals surface area contributed by atoms with Gasteiger partial charge in [-0.2, -0.15) is 0 Å². The SMILES string of the molecule is Cc1c(O)ccc2c1C(=O)N(Cc1ccccc1-c1cc(F)ccc1F)C2C(=O)NC(C)(C)C. The van der Waals surface area contributed by atoms with Crippen LogP contribution in [0.2, 0.25) is 0 Å². The van der Waals surface area contributed by atoms with Crippen LogP contribution in [0.4, 0.5) is 8.78 Å². The highest BCUT2D eigenvalue weighted by molar-refractivity contribution is 6.06. The summed E-state index contributed by atoms with van der Waals surface area (Å²) in [5.74, 6) is -1.98. The molecule has 34 heavy (non-hydrogen) atoms. The van der Waals surface area contributed by atoms with Gasteiger partial charge in [-0.1, -0.05) is 30.3 Å². The summed E-state index contributed by atoms with van der Waals surface area (Å²) in [6.45, 7) is 7.15. The summed E-state index contributed by atoms with van der Waals surface area (Å²) in [6, 6.07) is 12.2. The topological polar surface area (TPSA) is 69.6 Å². The Labute approximate surface area is 197 Å². The fourth-order valence-electron chi connectivity index (χ4n) is 4.35. The number of aromatic hydroxyl groups is 1. The summed E-state index contributed by atoms with van der Waals surface area (Å²) in [5.41, 5.74) is 1.69. The van der Waals surface area contributed by atoms with Crippen molar-refractivity contribution in [1.29, 1.82) is 0 Å². The van der Waals surface area contributed by atoms with Crippen LogP contribution >= 0.6 is 0 Å². The molecule has 0 aromatic heterocycles. The van der Waals surface area contributed by atoms with Crippen molar-refractivity contribution in [2.24, 2.45) is 0 Å². The number of phenolic OH excluding ortho intramolecular Hbond substituents is 1. The minimum Gasteiger partial charge on any atom is -0.508 e. The van der Waals surface area contributed by atoms with E-state index in [-0.39, 0.29) is 29.3 Å². The molecule has 0 aliphatic carbocycles. The van der Waals surface area contributed by atoms with Crippen molar-refractivity contribution in [2.75, 3.05) is 0 Å². The van der Waals surface area contributed by atoms with E-state index < -0.39 is 29.1 Å². The molecule has 0 radical (unpaired) electrons. The van der Waals surface area contributed by atoms with Gasteiger partial charge in [0.2, 0.25) is 5.91 Å². The maximum Gasteiger partial charge on any atom is 0.255 e. The van der Waals surface area contributed by atoms with Gasteiger partial charge in [-0.25, -0.2) is 8.78 Å². The lowest BCUT2D eigenvalue weighted by atomic mass is 9.97. The smallest absolute Gasteiger partial charge is 0.255 e. The number of amides is 2. The molecule has 1 unspecified atom stereocenters. The van der Waals surface area contributed by atoms with E-state index in [1.165, 1.54) is 11.0 Å². The minimum absolute atomic E-state index is 0.0118. The lowest BCUT2D eigenvalue weighted by Gasteiger charge is -2.29. The average molecular weight is 465 g/mol. The Morgan fingerprint density at radius 1 is 1.06 bits per heavy atom. The van der Waals surface area contributed by atoms with Gasteiger partial charge in [0.15, 0.2) is 0 Å². The number of fused-ring (bicyclic) bond motifs is 1. The molecule has 0 bridgehead atoms. The zero-order valence-electron chi connectivity index (χ0n) is 19.4. The summed E-state index contributed by atoms with van der Waals surface area (Å²) in [4.78, 5) is 28.3. The number of nitrogens with one attached hydrogen (secondary N) is 1. The number of phenols is 1. The van der Waals surface area contributed by atoms with E-state index in [1.807, 2.05) is 20.8 Å². The highest BCUT2D eigenvalue weighted by Gasteiger charge is 2.43. The molecule has 1 aliphatic heterocycles. The Bertz CT molecular complexity index is 1300. The molecule has 3 aromatic carbocycles. The van der Waals surface area contributed by atoms with Crippen LogP contribution in [0, 0.1) is 18.6 Å². The third-order valence-electron chi connectivity index (χ3n) is 5.87. The molecule has 2 amide bonds. The Hall–Kier alpha value is -3.74. The largest absolute Gasteiger partial charge is 0.508 e. The summed E-state index contributed by atoms with van der Waals surface area (Å²) < 4.78 is 28.5. The minimum atomic E-state index is -0.938. The number of benzene rings is 3. The van der Waals surface area contributed by atoms with E-state index in [0.29, 0.717) is 22.3 Å². The maximum atomic E-state index is 14.6. The monoisotopic (exact) mass is 464 g/mol. The quantitative estimate of drug-likeness (QED) is 0.554. The van der Waals surface area contributed by atoms with E-state index in [4.69, 9.17) is 0 Å². The second kappa shape index (κ2) is 8.56. The van der Waals surface area contributed by atoms with E-state index in [0.717, 1.165) is 18.2 Å². The summed E-state index contributed by atoms with van der Waals surface area (Å²) in [7, 11) is 0. The van der Waals surface area contributed by atoms with Gasteiger partial charge >= 0.3 is 0 Å². The molecule has 0 fully saturated rings. The molecule has 7 heteroatoms. The zero-order chi connectivity index (χ0) is 24.8. The molecule has 0 spiro atoms. The van der Waals surface area contributed by atoms with Crippen LogP contribution in [0.25, 0.3) is 11.1 Å². The molecule has 1 heterocycles. The number of nitrogens with zero attached hydrogens (tertiary/aromatic N) is 1. The highest BCUT2D eigenvalue weighted by Crippen LogP contribution is 2.40. The first-order valence-electron chi connectivity index (χ1n) is 11.0. The average Bonchev–Trinajstić information content (AvgIpc) is 3.04. The van der Waals surface area contributed by atoms with Crippen LogP contribution in [0.1, 0.15) is 53.9 Å². The van der Waals surface area contributed by atoms with E-state index in [9.17, 15) is 23.5 Å². The molecule has 1 aliphatic rings. The number of carbonyl (C=O) groups excluding carboxylic acids is 2. The second-order valence-electron chi connectivity index (χ2n) is 9.53. The van der Waals surface area contributed by atoms with E-state index >= 15 is 0 Å². The third kappa shape index (κ3) is 4.25. The molecular weight excluding hydrogens is 438 g/mol. The van der Waals surface area contributed by atoms with Gasteiger partial charge in [-0.3, -0.25) is 9.59 Å². The van der Waals surface area contributed by atoms with Crippen LogP contribution in [-0.4, -0.2) is 27.4 Å². The Morgan fingerprint density at radius 2 is 1.76 bits per heavy atom. The van der Waals surface area contributed by atoms with Gasteiger partial charge < -0.3 is 15.3 Å². The Kier molecular flexibility index (Phi) is 5.89. The first kappa shape index (κ1) is 23.4. The van der Waals surface area contributed by atoms with Gasteiger partial charge in [-0.05, 0) is 68.7 Å². The van der Waals surface area contributed by atoms with Gasteiger partial charge in [0.25, 0.3) is 5.91 Å². The van der Waals surface area contributed by atoms with Crippen molar-refractivity contribution in [3.63, 3.8) is 0 Å². The lowest BCUT2D eigenvalue weighted by Crippen LogP contribution is -2.46. The third-order valence-corrected chi connectivity index (χ3v) is 5.87. The second-order valence-corrected chi connectivity index (χ2v) is 9.53. The van der Waals surface area contributed by atoms with Crippen molar-refractivity contribution in [1.82, 2.24) is 10.2 Å². The number of rotatable bonds is 4. The van der Waals surface area contributed by atoms with Crippen LogP contribution in [0.3, 0.4) is 0 Å². The normalized spacial score (nSPS) is 15.4. The summed E-state index contributed by atoms with van der Waals surface area (Å²) >= 11 is 0. The van der Waals surface area contributed by atoms with Crippen LogP contribution in [0.5, 0.6) is 5.75 Å². The Morgan fingerprint density at radius 3 is 2.47 bits per heavy atom. The fraction of sp³-hybridized carbons (Fsp3) is 0.259. The maximum absolute atomic E-state index is 14.6. The number of halogens is 2. The fourth-order valence-corrected chi connectivity index (χ4v) is 4.35. The van der Waals surface area contributed by atoms with Gasteiger partial charge in [0.05, 0.1) is 5.56 Å². The molecule has 4 rings (SSSR count). The van der Waals surface area contributed by atoms with Crippen LogP contribution in [0.15, 0.2) is 54.6 Å². The summed E-state index contributed by atoms with van der Waals surface area (Å²) in [6.07, 6.45) is 0. The number of hydrogen-bond donors (Lipinski definition) is 2. The molecule has 176 valence electrons. The molecule has 5 nitrogen and oxygen atoms in total. The number of hydrogen-bond acceptors (Lipinski definition) is 3. The highest BCUT2D eigenvalue weighted by atomic mass is 19.1. The predicted molar refractivity (Wildman–Crippen MR) is 125 cm³/mol. The van der Waals surface area contributed by atoms with Crippen LogP contribution < -0.4 is 5.32 Å². The first-order valence-corrected chi connectivity index (χ1v) is 11.0.